The highest BCUT2D eigenvalue weighted by atomic mass is 32.1. The van der Waals surface area contributed by atoms with Gasteiger partial charge >= 0.3 is 0 Å². The average molecular weight is 356 g/mol. The molecule has 1 unspecified atom stereocenters. The fraction of sp³-hybridized carbons (Fsp3) is 0.316. The van der Waals surface area contributed by atoms with Gasteiger partial charge in [-0.05, 0) is 45.4 Å². The lowest BCUT2D eigenvalue weighted by Crippen LogP contribution is -2.27. The summed E-state index contributed by atoms with van der Waals surface area (Å²) in [6.07, 6.45) is 1.47. The molecule has 130 valence electrons. The number of rotatable bonds is 5. The van der Waals surface area contributed by atoms with E-state index in [0.29, 0.717) is 16.8 Å². The molecule has 0 radical (unpaired) electrons. The van der Waals surface area contributed by atoms with Gasteiger partial charge in [0.1, 0.15) is 10.6 Å². The molecule has 0 saturated carbocycles. The van der Waals surface area contributed by atoms with Crippen LogP contribution in [0.3, 0.4) is 0 Å². The van der Waals surface area contributed by atoms with Gasteiger partial charge in [-0.15, -0.1) is 11.3 Å². The number of carbonyl (C=O) groups is 1. The first kappa shape index (κ1) is 17.4. The van der Waals surface area contributed by atoms with E-state index in [1.165, 1.54) is 29.2 Å². The highest BCUT2D eigenvalue weighted by Crippen LogP contribution is 2.36. The van der Waals surface area contributed by atoms with Crippen LogP contribution in [0.4, 0.5) is 0 Å². The van der Waals surface area contributed by atoms with Crippen LogP contribution in [0.2, 0.25) is 0 Å². The SMILES string of the molecule is CCOc1ccc(-c2c(C)sc3ncn(C(C)C(C)=O)c(=O)c23)cc1. The summed E-state index contributed by atoms with van der Waals surface area (Å²) in [7, 11) is 0. The molecule has 0 aliphatic carbocycles. The molecule has 0 aliphatic rings. The van der Waals surface area contributed by atoms with Gasteiger partial charge in [0.15, 0.2) is 5.78 Å². The number of ether oxygens (including phenoxy) is 1. The minimum absolute atomic E-state index is 0.0715. The van der Waals surface area contributed by atoms with Crippen molar-refractivity contribution in [1.82, 2.24) is 9.55 Å². The standard InChI is InChI=1S/C19H20N2O3S/c1-5-24-15-8-6-14(7-9-15)16-13(4)25-18-17(16)19(23)21(10-20-18)11(2)12(3)22/h6-11H,5H2,1-4H3. The molecule has 0 amide bonds. The Bertz CT molecular complexity index is 986. The number of aromatic nitrogens is 2. The highest BCUT2D eigenvalue weighted by molar-refractivity contribution is 7.19. The number of thiophene rings is 1. The first-order valence-corrected chi connectivity index (χ1v) is 8.99. The molecule has 0 bridgehead atoms. The van der Waals surface area contributed by atoms with Crippen molar-refractivity contribution in [1.29, 1.82) is 0 Å². The summed E-state index contributed by atoms with van der Waals surface area (Å²) in [6, 6.07) is 7.16. The number of Topliss-reactive ketones (excluding diaryl/α,β-unsaturated/α-hetero) is 1. The number of benzene rings is 1. The molecule has 0 aliphatic heterocycles. The first-order valence-electron chi connectivity index (χ1n) is 8.18. The van der Waals surface area contributed by atoms with Gasteiger partial charge in [-0.1, -0.05) is 12.1 Å². The summed E-state index contributed by atoms with van der Waals surface area (Å²) in [5.74, 6) is 0.724. The molecule has 0 N–H and O–H groups in total. The summed E-state index contributed by atoms with van der Waals surface area (Å²) in [4.78, 5) is 30.8. The van der Waals surface area contributed by atoms with E-state index in [9.17, 15) is 9.59 Å². The monoisotopic (exact) mass is 356 g/mol. The van der Waals surface area contributed by atoms with Gasteiger partial charge in [0, 0.05) is 10.4 Å². The maximum Gasteiger partial charge on any atom is 0.263 e. The summed E-state index contributed by atoms with van der Waals surface area (Å²) in [5, 5.41) is 0.572. The van der Waals surface area contributed by atoms with E-state index in [1.54, 1.807) is 6.92 Å². The molecule has 1 aromatic carbocycles. The van der Waals surface area contributed by atoms with Crippen LogP contribution in [0, 0.1) is 6.92 Å². The topological polar surface area (TPSA) is 61.2 Å². The molecule has 6 heteroatoms. The van der Waals surface area contributed by atoms with Crippen molar-refractivity contribution in [3.05, 3.63) is 45.8 Å². The van der Waals surface area contributed by atoms with Gasteiger partial charge in [-0.25, -0.2) is 4.98 Å². The molecule has 0 fully saturated rings. The fourth-order valence-corrected chi connectivity index (χ4v) is 3.82. The molecular weight excluding hydrogens is 336 g/mol. The zero-order valence-electron chi connectivity index (χ0n) is 14.7. The summed E-state index contributed by atoms with van der Waals surface area (Å²) < 4.78 is 6.90. The lowest BCUT2D eigenvalue weighted by Gasteiger charge is -2.11. The van der Waals surface area contributed by atoms with E-state index in [1.807, 2.05) is 38.1 Å². The molecule has 2 aromatic heterocycles. The van der Waals surface area contributed by atoms with Gasteiger partial charge in [-0.3, -0.25) is 14.2 Å². The number of carbonyl (C=O) groups excluding carboxylic acids is 1. The quantitative estimate of drug-likeness (QED) is 0.694. The number of hydrogen-bond acceptors (Lipinski definition) is 5. The van der Waals surface area contributed by atoms with Crippen LogP contribution >= 0.6 is 11.3 Å². The van der Waals surface area contributed by atoms with Gasteiger partial charge in [-0.2, -0.15) is 0 Å². The maximum atomic E-state index is 13.0. The highest BCUT2D eigenvalue weighted by Gasteiger charge is 2.20. The largest absolute Gasteiger partial charge is 0.494 e. The molecule has 1 atom stereocenters. The van der Waals surface area contributed by atoms with E-state index >= 15 is 0 Å². The van der Waals surface area contributed by atoms with Crippen molar-refractivity contribution < 1.29 is 9.53 Å². The number of aryl methyl sites for hydroxylation is 1. The third-order valence-corrected chi connectivity index (χ3v) is 5.29. The molecule has 2 heterocycles. The van der Waals surface area contributed by atoms with Crippen molar-refractivity contribution in [3.8, 4) is 16.9 Å². The van der Waals surface area contributed by atoms with Crippen molar-refractivity contribution in [3.63, 3.8) is 0 Å². The van der Waals surface area contributed by atoms with Crippen LogP contribution in [-0.2, 0) is 4.79 Å². The van der Waals surface area contributed by atoms with E-state index in [-0.39, 0.29) is 11.3 Å². The number of hydrogen-bond donors (Lipinski definition) is 0. The smallest absolute Gasteiger partial charge is 0.263 e. The van der Waals surface area contributed by atoms with Crippen LogP contribution in [0.5, 0.6) is 5.75 Å². The average Bonchev–Trinajstić information content (AvgIpc) is 2.92. The second kappa shape index (κ2) is 6.80. The van der Waals surface area contributed by atoms with Gasteiger partial charge in [0.05, 0.1) is 24.4 Å². The predicted molar refractivity (Wildman–Crippen MR) is 101 cm³/mol. The second-order valence-electron chi connectivity index (χ2n) is 5.91. The Morgan fingerprint density at radius 2 is 2.00 bits per heavy atom. The maximum absolute atomic E-state index is 13.0. The van der Waals surface area contributed by atoms with E-state index in [4.69, 9.17) is 4.74 Å². The number of ketones is 1. The van der Waals surface area contributed by atoms with Gasteiger partial charge < -0.3 is 4.74 Å². The Kier molecular flexibility index (Phi) is 4.72. The Morgan fingerprint density at radius 3 is 2.60 bits per heavy atom. The zero-order valence-corrected chi connectivity index (χ0v) is 15.5. The number of fused-ring (bicyclic) bond motifs is 1. The molecule has 0 spiro atoms. The Hall–Kier alpha value is -2.47. The Labute approximate surface area is 149 Å². The summed E-state index contributed by atoms with van der Waals surface area (Å²) in [6.45, 7) is 7.73. The summed E-state index contributed by atoms with van der Waals surface area (Å²) in [5.41, 5.74) is 1.64. The Morgan fingerprint density at radius 1 is 1.32 bits per heavy atom. The normalized spacial score (nSPS) is 12.3. The zero-order chi connectivity index (χ0) is 18.1. The number of nitrogens with zero attached hydrogens (tertiary/aromatic N) is 2. The predicted octanol–water partition coefficient (Wildman–Crippen LogP) is 3.98. The van der Waals surface area contributed by atoms with E-state index in [0.717, 1.165) is 21.8 Å². The fourth-order valence-electron chi connectivity index (χ4n) is 2.82. The van der Waals surface area contributed by atoms with E-state index < -0.39 is 6.04 Å². The van der Waals surface area contributed by atoms with Crippen LogP contribution in [-0.4, -0.2) is 21.9 Å². The van der Waals surface area contributed by atoms with Crippen LogP contribution in [0.15, 0.2) is 35.4 Å². The lowest BCUT2D eigenvalue weighted by molar-refractivity contribution is -0.119. The lowest BCUT2D eigenvalue weighted by atomic mass is 10.0. The van der Waals surface area contributed by atoms with Gasteiger partial charge in [0.25, 0.3) is 5.56 Å². The minimum Gasteiger partial charge on any atom is -0.494 e. The minimum atomic E-state index is -0.530. The van der Waals surface area contributed by atoms with Crippen LogP contribution in [0.25, 0.3) is 21.3 Å². The molecule has 25 heavy (non-hydrogen) atoms. The third kappa shape index (κ3) is 3.09. The van der Waals surface area contributed by atoms with Crippen LogP contribution < -0.4 is 10.3 Å². The first-order chi connectivity index (χ1) is 11.9. The molecule has 5 nitrogen and oxygen atoms in total. The van der Waals surface area contributed by atoms with Gasteiger partial charge in [0.2, 0.25) is 0 Å². The third-order valence-electron chi connectivity index (χ3n) is 4.27. The second-order valence-corrected chi connectivity index (χ2v) is 7.12. The summed E-state index contributed by atoms with van der Waals surface area (Å²) >= 11 is 1.49. The van der Waals surface area contributed by atoms with Crippen molar-refractivity contribution in [2.75, 3.05) is 6.61 Å². The molecule has 0 saturated heterocycles. The molecule has 3 aromatic rings. The molecule has 3 rings (SSSR count). The molecular formula is C19H20N2O3S. The van der Waals surface area contributed by atoms with Crippen molar-refractivity contribution in [2.24, 2.45) is 0 Å². The van der Waals surface area contributed by atoms with Crippen LogP contribution in [0.1, 0.15) is 31.7 Å². The van der Waals surface area contributed by atoms with Crippen molar-refractivity contribution >= 4 is 27.3 Å². The Balaban J connectivity index is 2.21. The van der Waals surface area contributed by atoms with Crippen molar-refractivity contribution in [2.45, 2.75) is 33.7 Å². The van der Waals surface area contributed by atoms with E-state index in [2.05, 4.69) is 4.98 Å².